The fourth-order valence-corrected chi connectivity index (χ4v) is 4.94. The number of piperazine rings is 1. The summed E-state index contributed by atoms with van der Waals surface area (Å²) in [5.41, 5.74) is 2.12. The van der Waals surface area contributed by atoms with E-state index in [1.807, 2.05) is 61.9 Å². The minimum atomic E-state index is -3.53. The lowest BCUT2D eigenvalue weighted by Gasteiger charge is -2.34. The first-order valence-electron chi connectivity index (χ1n) is 10.8. The van der Waals surface area contributed by atoms with Crippen LogP contribution in [-0.2, 0) is 15.6 Å². The first-order valence-corrected chi connectivity index (χ1v) is 12.3. The molecule has 0 radical (unpaired) electrons. The third-order valence-corrected chi connectivity index (χ3v) is 7.26. The Kier molecular flexibility index (Phi) is 5.79. The van der Waals surface area contributed by atoms with Crippen molar-refractivity contribution in [3.05, 3.63) is 58.8 Å². The molecule has 0 spiro atoms. The molecule has 1 saturated heterocycles. The van der Waals surface area contributed by atoms with Crippen LogP contribution in [0.25, 0.3) is 6.08 Å². The largest absolute Gasteiger partial charge is 0.335 e. The Morgan fingerprint density at radius 2 is 1.71 bits per heavy atom. The summed E-state index contributed by atoms with van der Waals surface area (Å²) >= 11 is 0. The fourth-order valence-electron chi connectivity index (χ4n) is 3.76. The maximum absolute atomic E-state index is 13.3. The van der Waals surface area contributed by atoms with Gasteiger partial charge in [-0.15, -0.1) is 0 Å². The molecule has 8 heteroatoms. The van der Waals surface area contributed by atoms with E-state index in [-0.39, 0.29) is 24.5 Å². The monoisotopic (exact) mass is 442 g/mol. The molecule has 1 amide bonds. The number of aromatic nitrogens is 2. The predicted octanol–water partition coefficient (Wildman–Crippen LogP) is 3.27. The fraction of sp³-hybridized carbons (Fsp3) is 0.478. The van der Waals surface area contributed by atoms with Gasteiger partial charge < -0.3 is 4.90 Å². The van der Waals surface area contributed by atoms with Crippen molar-refractivity contribution >= 4 is 22.0 Å². The number of amides is 1. The lowest BCUT2D eigenvalue weighted by Crippen LogP contribution is -2.50. The van der Waals surface area contributed by atoms with Gasteiger partial charge >= 0.3 is 0 Å². The van der Waals surface area contributed by atoms with E-state index in [1.165, 1.54) is 9.71 Å². The Hall–Kier alpha value is -2.45. The zero-order valence-corrected chi connectivity index (χ0v) is 19.2. The lowest BCUT2D eigenvalue weighted by molar-refractivity contribution is 0.0678. The molecule has 2 aliphatic rings. The van der Waals surface area contributed by atoms with Gasteiger partial charge in [-0.25, -0.2) is 8.42 Å². The SMILES string of the molecule is CC(C)(C)n1nc(C2CC2)cc1C(=O)N1CCN(S(=O)(=O)/C=C/c2ccccc2)CC1. The molecule has 0 unspecified atom stereocenters. The smallest absolute Gasteiger partial charge is 0.272 e. The Bertz CT molecular complexity index is 1070. The van der Waals surface area contributed by atoms with Crippen LogP contribution in [0, 0.1) is 0 Å². The molecule has 1 aromatic carbocycles. The highest BCUT2D eigenvalue weighted by atomic mass is 32.2. The normalized spacial score (nSPS) is 18.6. The van der Waals surface area contributed by atoms with Crippen molar-refractivity contribution in [2.75, 3.05) is 26.2 Å². The van der Waals surface area contributed by atoms with E-state index in [4.69, 9.17) is 5.10 Å². The lowest BCUT2D eigenvalue weighted by atomic mass is 10.1. The molecule has 166 valence electrons. The number of benzene rings is 1. The van der Waals surface area contributed by atoms with Crippen LogP contribution in [0.4, 0.5) is 0 Å². The van der Waals surface area contributed by atoms with Crippen molar-refractivity contribution in [3.63, 3.8) is 0 Å². The molecular weight excluding hydrogens is 412 g/mol. The second kappa shape index (κ2) is 8.24. The second-order valence-electron chi connectivity index (χ2n) is 9.26. The van der Waals surface area contributed by atoms with Crippen molar-refractivity contribution in [3.8, 4) is 0 Å². The van der Waals surface area contributed by atoms with E-state index in [1.54, 1.807) is 11.0 Å². The van der Waals surface area contributed by atoms with Gasteiger partial charge in [0.25, 0.3) is 5.91 Å². The molecule has 0 bridgehead atoms. The molecule has 0 N–H and O–H groups in total. The van der Waals surface area contributed by atoms with E-state index in [0.29, 0.717) is 24.7 Å². The van der Waals surface area contributed by atoms with Crippen LogP contribution in [0.2, 0.25) is 0 Å². The number of hydrogen-bond donors (Lipinski definition) is 0. The first-order chi connectivity index (χ1) is 14.6. The molecule has 2 fully saturated rings. The minimum Gasteiger partial charge on any atom is -0.335 e. The van der Waals surface area contributed by atoms with E-state index in [9.17, 15) is 13.2 Å². The number of hydrogen-bond acceptors (Lipinski definition) is 4. The van der Waals surface area contributed by atoms with Crippen molar-refractivity contribution in [1.82, 2.24) is 19.0 Å². The van der Waals surface area contributed by atoms with Gasteiger partial charge in [0.15, 0.2) is 0 Å². The average molecular weight is 443 g/mol. The number of sulfonamides is 1. The van der Waals surface area contributed by atoms with Crippen molar-refractivity contribution < 1.29 is 13.2 Å². The summed E-state index contributed by atoms with van der Waals surface area (Å²) in [4.78, 5) is 15.0. The second-order valence-corrected chi connectivity index (χ2v) is 11.1. The molecule has 2 heterocycles. The number of carbonyl (C=O) groups is 1. The highest BCUT2D eigenvalue weighted by Gasteiger charge is 2.34. The van der Waals surface area contributed by atoms with E-state index in [0.717, 1.165) is 24.1 Å². The van der Waals surface area contributed by atoms with Gasteiger partial charge in [0.1, 0.15) is 5.69 Å². The highest BCUT2D eigenvalue weighted by molar-refractivity contribution is 7.92. The van der Waals surface area contributed by atoms with Crippen LogP contribution in [0.5, 0.6) is 0 Å². The van der Waals surface area contributed by atoms with Crippen LogP contribution in [-0.4, -0.2) is 59.5 Å². The maximum Gasteiger partial charge on any atom is 0.272 e. The number of carbonyl (C=O) groups excluding carboxylic acids is 1. The van der Waals surface area contributed by atoms with E-state index in [2.05, 4.69) is 0 Å². The Morgan fingerprint density at radius 3 is 2.29 bits per heavy atom. The molecule has 1 saturated carbocycles. The van der Waals surface area contributed by atoms with Crippen LogP contribution >= 0.6 is 0 Å². The highest BCUT2D eigenvalue weighted by Crippen LogP contribution is 2.40. The molecule has 1 aromatic heterocycles. The van der Waals surface area contributed by atoms with Crippen molar-refractivity contribution in [2.24, 2.45) is 0 Å². The van der Waals surface area contributed by atoms with Gasteiger partial charge in [-0.2, -0.15) is 9.40 Å². The molecule has 1 aliphatic carbocycles. The van der Waals surface area contributed by atoms with Crippen molar-refractivity contribution in [2.45, 2.75) is 45.1 Å². The molecule has 7 nitrogen and oxygen atoms in total. The van der Waals surface area contributed by atoms with Crippen LogP contribution < -0.4 is 0 Å². The summed E-state index contributed by atoms with van der Waals surface area (Å²) in [5.74, 6) is 0.389. The third-order valence-electron chi connectivity index (χ3n) is 5.70. The van der Waals surface area contributed by atoms with E-state index < -0.39 is 10.0 Å². The van der Waals surface area contributed by atoms with E-state index >= 15 is 0 Å². The standard InChI is InChI=1S/C23H30N4O3S/c1-23(2,3)27-21(17-20(24-27)19-9-10-19)22(28)25-12-14-26(15-13-25)31(29,30)16-11-18-7-5-4-6-8-18/h4-8,11,16-17,19H,9-10,12-15H2,1-3H3/b16-11+. The molecule has 4 rings (SSSR count). The molecule has 0 atom stereocenters. The quantitative estimate of drug-likeness (QED) is 0.712. The number of nitrogens with zero attached hydrogens (tertiary/aromatic N) is 4. The summed E-state index contributed by atoms with van der Waals surface area (Å²) < 4.78 is 28.7. The third kappa shape index (κ3) is 4.91. The van der Waals surface area contributed by atoms with Gasteiger partial charge in [-0.1, -0.05) is 30.3 Å². The molecule has 1 aliphatic heterocycles. The molecule has 2 aromatic rings. The first kappa shape index (κ1) is 21.8. The van der Waals surface area contributed by atoms with Gasteiger partial charge in [0, 0.05) is 37.5 Å². The summed E-state index contributed by atoms with van der Waals surface area (Å²) in [5, 5.41) is 5.97. The Balaban J connectivity index is 1.44. The minimum absolute atomic E-state index is 0.0776. The zero-order valence-electron chi connectivity index (χ0n) is 18.4. The van der Waals surface area contributed by atoms with Crippen molar-refractivity contribution in [1.29, 1.82) is 0 Å². The Labute approximate surface area is 184 Å². The zero-order chi connectivity index (χ0) is 22.2. The average Bonchev–Trinajstić information content (AvgIpc) is 3.49. The van der Waals surface area contributed by atoms with Crippen LogP contribution in [0.1, 0.15) is 61.3 Å². The van der Waals surface area contributed by atoms with Gasteiger partial charge in [-0.05, 0) is 51.3 Å². The molecular formula is C23H30N4O3S. The van der Waals surface area contributed by atoms with Crippen LogP contribution in [0.3, 0.4) is 0 Å². The Morgan fingerprint density at radius 1 is 1.06 bits per heavy atom. The number of rotatable bonds is 5. The van der Waals surface area contributed by atoms with Crippen LogP contribution in [0.15, 0.2) is 41.8 Å². The maximum atomic E-state index is 13.3. The molecule has 31 heavy (non-hydrogen) atoms. The van der Waals surface area contributed by atoms with Gasteiger partial charge in [0.2, 0.25) is 10.0 Å². The summed E-state index contributed by atoms with van der Waals surface area (Å²) in [7, 11) is -3.53. The predicted molar refractivity (Wildman–Crippen MR) is 121 cm³/mol. The summed E-state index contributed by atoms with van der Waals surface area (Å²) in [6.45, 7) is 7.42. The summed E-state index contributed by atoms with van der Waals surface area (Å²) in [6.07, 6.45) is 3.86. The van der Waals surface area contributed by atoms with Gasteiger partial charge in [0.05, 0.1) is 11.2 Å². The topological polar surface area (TPSA) is 75.5 Å². The summed E-state index contributed by atoms with van der Waals surface area (Å²) in [6, 6.07) is 11.3. The van der Waals surface area contributed by atoms with Gasteiger partial charge in [-0.3, -0.25) is 9.48 Å².